The molecule has 36 heavy (non-hydrogen) atoms. The van der Waals surface area contributed by atoms with E-state index in [1.807, 2.05) is 32.0 Å². The molecule has 1 aliphatic rings. The molecule has 0 radical (unpaired) electrons. The van der Waals surface area contributed by atoms with Crippen LogP contribution in [0.4, 0.5) is 0 Å². The van der Waals surface area contributed by atoms with E-state index in [1.54, 1.807) is 0 Å². The monoisotopic (exact) mass is 696 g/mol. The van der Waals surface area contributed by atoms with Crippen LogP contribution in [-0.4, -0.2) is 11.9 Å². The van der Waals surface area contributed by atoms with Gasteiger partial charge in [-0.1, -0.05) is 0 Å². The molecule has 5 rings (SSSR count). The minimum atomic E-state index is -2.92. The predicted molar refractivity (Wildman–Crippen MR) is 141 cm³/mol. The molecule has 0 saturated heterocycles. The first-order valence-electron chi connectivity index (χ1n) is 11.7. The number of aryl methyl sites for hydroxylation is 2. The molecule has 1 amide bonds. The number of benzene rings is 4. The summed E-state index contributed by atoms with van der Waals surface area (Å²) in [5.74, 6) is -1.55. The quantitative estimate of drug-likeness (QED) is 0.255. The van der Waals surface area contributed by atoms with E-state index in [0.29, 0.717) is 3.67 Å². The second-order valence-corrected chi connectivity index (χ2v) is 28.8. The van der Waals surface area contributed by atoms with Gasteiger partial charge in [0, 0.05) is 0 Å². The predicted octanol–water partition coefficient (Wildman–Crippen LogP) is -1.12. The van der Waals surface area contributed by atoms with Crippen LogP contribution < -0.4 is 38.5 Å². The first-order chi connectivity index (χ1) is 16.6. The zero-order valence-corrected chi connectivity index (χ0v) is 26.5. The molecule has 0 aliphatic heterocycles. The molecule has 181 valence electrons. The van der Waals surface area contributed by atoms with Crippen molar-refractivity contribution in [1.29, 1.82) is 0 Å². The van der Waals surface area contributed by atoms with Crippen molar-refractivity contribution in [2.24, 2.45) is 0 Å². The van der Waals surface area contributed by atoms with Gasteiger partial charge in [-0.3, -0.25) is 0 Å². The van der Waals surface area contributed by atoms with Gasteiger partial charge in [0.25, 0.3) is 0 Å². The van der Waals surface area contributed by atoms with Crippen molar-refractivity contribution >= 4 is 28.3 Å². The van der Waals surface area contributed by atoms with E-state index in [0.717, 1.165) is 16.7 Å². The third-order valence-corrected chi connectivity index (χ3v) is 33.5. The summed E-state index contributed by atoms with van der Waals surface area (Å²) in [6.45, 7) is 4.09. The van der Waals surface area contributed by atoms with E-state index in [1.165, 1.54) is 21.5 Å². The van der Waals surface area contributed by atoms with Crippen molar-refractivity contribution in [1.82, 2.24) is 3.30 Å². The van der Waals surface area contributed by atoms with Gasteiger partial charge in [0.05, 0.1) is 0 Å². The third kappa shape index (κ3) is 5.83. The number of halogens is 2. The topological polar surface area (TPSA) is 29.1 Å². The van der Waals surface area contributed by atoms with Crippen LogP contribution >= 0.6 is 0 Å². The molecule has 1 N–H and O–H groups in total. The summed E-state index contributed by atoms with van der Waals surface area (Å²) in [4.78, 5) is 13.9. The smallest absolute Gasteiger partial charge is 1.00 e. The molecule has 0 aromatic heterocycles. The number of hydrogen-bond acceptors (Lipinski definition) is 1. The molecule has 2 nitrogen and oxygen atoms in total. The van der Waals surface area contributed by atoms with Crippen molar-refractivity contribution < 1.29 is 50.5 Å². The van der Waals surface area contributed by atoms with Crippen LogP contribution in [-0.2, 0) is 20.9 Å². The molecule has 4 aromatic carbocycles. The Morgan fingerprint density at radius 1 is 0.722 bits per heavy atom. The van der Waals surface area contributed by atoms with E-state index in [2.05, 4.69) is 100 Å². The summed E-state index contributed by atoms with van der Waals surface area (Å²) in [5, 5.41) is 2.85. The van der Waals surface area contributed by atoms with Gasteiger partial charge in [-0.05, 0) is 0 Å². The van der Waals surface area contributed by atoms with Gasteiger partial charge in [0.1, 0.15) is 0 Å². The minimum Gasteiger partial charge on any atom is -1.00 e. The first kappa shape index (κ1) is 28.3. The fourth-order valence-electron chi connectivity index (χ4n) is 5.06. The molecule has 1 aliphatic carbocycles. The molecule has 1 unspecified atom stereocenters. The summed E-state index contributed by atoms with van der Waals surface area (Å²) < 4.78 is 4.12. The molecular formula is C30H28Cl2HfNOSi. The second-order valence-electron chi connectivity index (χ2n) is 8.90. The molecule has 0 spiro atoms. The Balaban J connectivity index is 0.00000180. The largest absolute Gasteiger partial charge is 1.00 e. The Morgan fingerprint density at radius 3 is 1.83 bits per heavy atom. The van der Waals surface area contributed by atoms with Crippen LogP contribution in [0.25, 0.3) is 6.08 Å². The zero-order valence-electron chi connectivity index (χ0n) is 20.3. The molecular weight excluding hydrogens is 668 g/mol. The zero-order chi connectivity index (χ0) is 23.5. The Hall–Kier alpha value is -2.24. The van der Waals surface area contributed by atoms with E-state index in [4.69, 9.17) is 0 Å². The van der Waals surface area contributed by atoms with Crippen molar-refractivity contribution in [3.05, 3.63) is 137 Å². The Bertz CT molecular complexity index is 1290. The Labute approximate surface area is 235 Å². The van der Waals surface area contributed by atoms with E-state index < -0.39 is 26.9 Å². The number of hydrogen-bond donors (Lipinski definition) is 1. The molecule has 4 aromatic rings. The van der Waals surface area contributed by atoms with Crippen LogP contribution in [0.1, 0.15) is 36.3 Å². The van der Waals surface area contributed by atoms with Gasteiger partial charge in [-0.15, -0.1) is 0 Å². The number of nitrogens with one attached hydrogen (secondary N) is 1. The molecule has 1 atom stereocenters. The number of rotatable bonds is 6. The van der Waals surface area contributed by atoms with Gasteiger partial charge in [-0.25, -0.2) is 0 Å². The number of carbonyl (C=O) groups is 1. The standard InChI is InChI=1S/C12H11Si.C9H11NO.C9H7.2ClH.Hf/c1-3-7-11(8-4-1)13-12-9-5-2-6-10-12;1-6-4-3-5-7(2)8(6)9(10)11;1-2-5-9-7-3-6-8(9)4-1;;;/h1-10,13H;3-5H,1-2H3,(H2,10,11);1-7H;2*1H;/q;;;;;+3/p-3. The van der Waals surface area contributed by atoms with Crippen LogP contribution in [0.3, 0.4) is 0 Å². The SMILES string of the molecule is Cc1cccc(C)c1C(=O)[NH][Hf+2]([CH]1C=Cc2ccccc21)[SiH](c1ccccc1)c1ccccc1.[Cl-].[Cl-]. The normalized spacial score (nSPS) is 13.4. The Kier molecular flexibility index (Phi) is 10.1. The van der Waals surface area contributed by atoms with Crippen molar-refractivity contribution in [3.63, 3.8) is 0 Å². The van der Waals surface area contributed by atoms with Crippen LogP contribution in [0, 0.1) is 13.8 Å². The van der Waals surface area contributed by atoms with Gasteiger partial charge < -0.3 is 24.8 Å². The fourth-order valence-corrected chi connectivity index (χ4v) is 33.8. The van der Waals surface area contributed by atoms with Crippen LogP contribution in [0.15, 0.2) is 109 Å². The summed E-state index contributed by atoms with van der Waals surface area (Å²) >= 11 is -2.92. The van der Waals surface area contributed by atoms with Crippen molar-refractivity contribution in [2.45, 2.75) is 17.5 Å². The number of fused-ring (bicyclic) bond motifs is 1. The second kappa shape index (κ2) is 12.8. The maximum Gasteiger partial charge on any atom is -1.00 e. The molecule has 6 heteroatoms. The number of amides is 1. The van der Waals surface area contributed by atoms with Crippen molar-refractivity contribution in [3.8, 4) is 0 Å². The summed E-state index contributed by atoms with van der Waals surface area (Å²) in [7, 11) is 0. The minimum absolute atomic E-state index is 0. The summed E-state index contributed by atoms with van der Waals surface area (Å²) in [5.41, 5.74) is 5.61. The maximum atomic E-state index is 13.9. The molecule has 0 fully saturated rings. The number of allylic oxidation sites excluding steroid dienone is 1. The van der Waals surface area contributed by atoms with Crippen LogP contribution in [0.5, 0.6) is 0 Å². The number of carbonyl (C=O) groups excluding carboxylic acids is 1. The average Bonchev–Trinajstić information content (AvgIpc) is 3.29. The molecule has 0 bridgehead atoms. The van der Waals surface area contributed by atoms with Crippen molar-refractivity contribution in [2.75, 3.05) is 0 Å². The van der Waals surface area contributed by atoms with Gasteiger partial charge in [0.15, 0.2) is 0 Å². The van der Waals surface area contributed by atoms with E-state index in [9.17, 15) is 4.79 Å². The van der Waals surface area contributed by atoms with E-state index >= 15 is 0 Å². The molecule has 0 saturated carbocycles. The van der Waals surface area contributed by atoms with E-state index in [-0.39, 0.29) is 30.7 Å². The van der Waals surface area contributed by atoms with Gasteiger partial charge in [-0.2, -0.15) is 0 Å². The van der Waals surface area contributed by atoms with Gasteiger partial charge >= 0.3 is 212 Å². The first-order valence-corrected chi connectivity index (χ1v) is 23.6. The fraction of sp³-hybridized carbons (Fsp3) is 0.100. The van der Waals surface area contributed by atoms with Gasteiger partial charge in [0.2, 0.25) is 0 Å². The maximum absolute atomic E-state index is 13.9. The average molecular weight is 696 g/mol. The third-order valence-electron chi connectivity index (χ3n) is 6.68. The summed E-state index contributed by atoms with van der Waals surface area (Å²) in [6.07, 6.45) is 4.64. The van der Waals surface area contributed by atoms with Crippen LogP contribution in [0.2, 0.25) is 0 Å². The summed E-state index contributed by atoms with van der Waals surface area (Å²) in [6, 6.07) is 36.7. The Morgan fingerprint density at radius 2 is 1.25 bits per heavy atom. The molecule has 0 heterocycles.